The van der Waals surface area contributed by atoms with Crippen molar-refractivity contribution in [2.45, 2.75) is 33.7 Å². The molecule has 2 rings (SSSR count). The molecule has 0 heterocycles. The summed E-state index contributed by atoms with van der Waals surface area (Å²) in [4.78, 5) is 2.41. The van der Waals surface area contributed by atoms with Gasteiger partial charge >= 0.3 is 0 Å². The molecule has 112 valence electrons. The van der Waals surface area contributed by atoms with Gasteiger partial charge in [0.15, 0.2) is 0 Å². The van der Waals surface area contributed by atoms with Crippen molar-refractivity contribution in [3.05, 3.63) is 64.7 Å². The van der Waals surface area contributed by atoms with E-state index in [1.807, 2.05) is 0 Å². The van der Waals surface area contributed by atoms with E-state index >= 15 is 0 Å². The maximum atomic E-state index is 6.13. The highest BCUT2D eigenvalue weighted by Crippen LogP contribution is 2.30. The molecule has 21 heavy (non-hydrogen) atoms. The molecule has 0 amide bonds. The summed E-state index contributed by atoms with van der Waals surface area (Å²) in [5.74, 6) is 0. The Balaban J connectivity index is 2.45. The van der Waals surface area contributed by atoms with Gasteiger partial charge in [-0.25, -0.2) is 0 Å². The van der Waals surface area contributed by atoms with Crippen molar-refractivity contribution in [1.29, 1.82) is 0 Å². The zero-order chi connectivity index (χ0) is 15.4. The molecule has 0 saturated carbocycles. The molecule has 2 heteroatoms. The maximum Gasteiger partial charge on any atom is 0.0667 e. The first-order valence-corrected chi connectivity index (χ1v) is 7.68. The third-order valence-electron chi connectivity index (χ3n) is 4.15. The Labute approximate surface area is 128 Å². The summed E-state index contributed by atoms with van der Waals surface area (Å²) in [5, 5.41) is 0. The van der Waals surface area contributed by atoms with E-state index in [2.05, 4.69) is 75.1 Å². The van der Waals surface area contributed by atoms with Crippen LogP contribution in [0.4, 0.5) is 5.69 Å². The molecule has 2 aromatic rings. The molecule has 0 bridgehead atoms. The van der Waals surface area contributed by atoms with Crippen LogP contribution in [0, 0.1) is 20.8 Å². The highest BCUT2D eigenvalue weighted by Gasteiger charge is 2.20. The van der Waals surface area contributed by atoms with E-state index in [-0.39, 0.29) is 6.04 Å². The van der Waals surface area contributed by atoms with Crippen molar-refractivity contribution in [2.75, 3.05) is 18.0 Å². The second-order valence-corrected chi connectivity index (χ2v) is 5.68. The number of benzene rings is 2. The molecule has 1 atom stereocenters. The number of likely N-dealkylation sites (N-methyl/N-ethyl adjacent to an activating group) is 1. The van der Waals surface area contributed by atoms with E-state index in [0.717, 1.165) is 6.54 Å². The lowest BCUT2D eigenvalue weighted by Gasteiger charge is -2.34. The third-order valence-corrected chi connectivity index (χ3v) is 4.15. The number of rotatable bonds is 5. The van der Waals surface area contributed by atoms with Crippen LogP contribution in [0.3, 0.4) is 0 Å². The fraction of sp³-hybridized carbons (Fsp3) is 0.368. The standard InChI is InChI=1S/C19H26N2/c1-5-21(18-9-7-6-8-15(18)3)19(13-20)17-11-10-14(2)12-16(17)4/h6-12,19H,5,13,20H2,1-4H3. The van der Waals surface area contributed by atoms with Gasteiger partial charge in [-0.05, 0) is 50.5 Å². The summed E-state index contributed by atoms with van der Waals surface area (Å²) in [6, 6.07) is 15.4. The summed E-state index contributed by atoms with van der Waals surface area (Å²) in [6.07, 6.45) is 0. The topological polar surface area (TPSA) is 29.3 Å². The van der Waals surface area contributed by atoms with E-state index in [0.29, 0.717) is 6.54 Å². The molecule has 2 aromatic carbocycles. The van der Waals surface area contributed by atoms with Gasteiger partial charge in [0.2, 0.25) is 0 Å². The van der Waals surface area contributed by atoms with Crippen molar-refractivity contribution in [3.63, 3.8) is 0 Å². The minimum Gasteiger partial charge on any atom is -0.363 e. The first-order valence-electron chi connectivity index (χ1n) is 7.68. The Hall–Kier alpha value is -1.80. The van der Waals surface area contributed by atoms with E-state index < -0.39 is 0 Å². The second kappa shape index (κ2) is 6.77. The molecule has 0 aromatic heterocycles. The van der Waals surface area contributed by atoms with Gasteiger partial charge < -0.3 is 10.6 Å². The van der Waals surface area contributed by atoms with Crippen LogP contribution in [0.25, 0.3) is 0 Å². The minimum absolute atomic E-state index is 0.219. The molecule has 1 unspecified atom stereocenters. The molecule has 0 radical (unpaired) electrons. The van der Waals surface area contributed by atoms with Crippen molar-refractivity contribution in [3.8, 4) is 0 Å². The van der Waals surface area contributed by atoms with E-state index in [1.165, 1.54) is 27.9 Å². The molecule has 0 aliphatic carbocycles. The number of nitrogens with zero attached hydrogens (tertiary/aromatic N) is 1. The average molecular weight is 282 g/mol. The molecule has 0 aliphatic heterocycles. The molecule has 0 saturated heterocycles. The van der Waals surface area contributed by atoms with Crippen LogP contribution in [0.5, 0.6) is 0 Å². The highest BCUT2D eigenvalue weighted by atomic mass is 15.2. The van der Waals surface area contributed by atoms with Gasteiger partial charge in [0.25, 0.3) is 0 Å². The zero-order valence-electron chi connectivity index (χ0n) is 13.6. The van der Waals surface area contributed by atoms with Gasteiger partial charge in [-0.2, -0.15) is 0 Å². The zero-order valence-corrected chi connectivity index (χ0v) is 13.6. The molecule has 0 spiro atoms. The number of nitrogens with two attached hydrogens (primary N) is 1. The SMILES string of the molecule is CCN(c1ccccc1C)C(CN)c1ccc(C)cc1C. The molecular weight excluding hydrogens is 256 g/mol. The third kappa shape index (κ3) is 3.27. The van der Waals surface area contributed by atoms with Crippen molar-refractivity contribution in [2.24, 2.45) is 5.73 Å². The molecule has 0 fully saturated rings. The number of hydrogen-bond donors (Lipinski definition) is 1. The lowest BCUT2D eigenvalue weighted by Crippen LogP contribution is -2.34. The summed E-state index contributed by atoms with van der Waals surface area (Å²) in [7, 11) is 0. The molecule has 2 nitrogen and oxygen atoms in total. The highest BCUT2D eigenvalue weighted by molar-refractivity contribution is 5.55. The Morgan fingerprint density at radius 3 is 2.29 bits per heavy atom. The predicted molar refractivity (Wildman–Crippen MR) is 91.9 cm³/mol. The number of aryl methyl sites for hydroxylation is 3. The lowest BCUT2D eigenvalue weighted by atomic mass is 9.97. The second-order valence-electron chi connectivity index (χ2n) is 5.68. The van der Waals surface area contributed by atoms with E-state index in [1.54, 1.807) is 0 Å². The Bertz CT molecular complexity index is 604. The van der Waals surface area contributed by atoms with Crippen molar-refractivity contribution in [1.82, 2.24) is 0 Å². The maximum absolute atomic E-state index is 6.13. The van der Waals surface area contributed by atoms with Gasteiger partial charge in [-0.3, -0.25) is 0 Å². The van der Waals surface area contributed by atoms with E-state index in [9.17, 15) is 0 Å². The van der Waals surface area contributed by atoms with Gasteiger partial charge in [-0.15, -0.1) is 0 Å². The first kappa shape index (κ1) is 15.6. The Morgan fingerprint density at radius 2 is 1.71 bits per heavy atom. The van der Waals surface area contributed by atoms with Crippen molar-refractivity contribution >= 4 is 5.69 Å². The quantitative estimate of drug-likeness (QED) is 0.893. The Kier molecular flexibility index (Phi) is 5.03. The van der Waals surface area contributed by atoms with Crippen LogP contribution in [-0.2, 0) is 0 Å². The average Bonchev–Trinajstić information content (AvgIpc) is 2.47. The largest absolute Gasteiger partial charge is 0.363 e. The van der Waals surface area contributed by atoms with E-state index in [4.69, 9.17) is 5.73 Å². The molecule has 0 aliphatic rings. The minimum atomic E-state index is 0.219. The van der Waals surface area contributed by atoms with Crippen LogP contribution in [0.1, 0.15) is 35.2 Å². The van der Waals surface area contributed by atoms with Crippen LogP contribution in [0.15, 0.2) is 42.5 Å². The summed E-state index contributed by atoms with van der Waals surface area (Å²) >= 11 is 0. The fourth-order valence-electron chi connectivity index (χ4n) is 3.07. The molecule has 2 N–H and O–H groups in total. The van der Waals surface area contributed by atoms with Crippen LogP contribution in [-0.4, -0.2) is 13.1 Å². The van der Waals surface area contributed by atoms with Gasteiger partial charge in [-0.1, -0.05) is 42.0 Å². The number of hydrogen-bond acceptors (Lipinski definition) is 2. The van der Waals surface area contributed by atoms with Crippen LogP contribution < -0.4 is 10.6 Å². The smallest absolute Gasteiger partial charge is 0.0667 e. The lowest BCUT2D eigenvalue weighted by molar-refractivity contribution is 0.638. The predicted octanol–water partition coefficient (Wildman–Crippen LogP) is 4.14. The number of anilines is 1. The first-order chi connectivity index (χ1) is 10.1. The monoisotopic (exact) mass is 282 g/mol. The van der Waals surface area contributed by atoms with Crippen LogP contribution in [0.2, 0.25) is 0 Å². The summed E-state index contributed by atoms with van der Waals surface area (Å²) < 4.78 is 0. The van der Waals surface area contributed by atoms with Gasteiger partial charge in [0.1, 0.15) is 0 Å². The summed E-state index contributed by atoms with van der Waals surface area (Å²) in [5.41, 5.74) is 12.6. The number of para-hydroxylation sites is 1. The van der Waals surface area contributed by atoms with Gasteiger partial charge in [0, 0.05) is 18.8 Å². The van der Waals surface area contributed by atoms with Gasteiger partial charge in [0.05, 0.1) is 6.04 Å². The summed E-state index contributed by atoms with van der Waals surface area (Å²) in [6.45, 7) is 10.2. The van der Waals surface area contributed by atoms with Crippen molar-refractivity contribution < 1.29 is 0 Å². The Morgan fingerprint density at radius 1 is 1.00 bits per heavy atom. The normalized spacial score (nSPS) is 12.2. The van der Waals surface area contributed by atoms with Crippen LogP contribution >= 0.6 is 0 Å². The molecular formula is C19H26N2. The fourth-order valence-corrected chi connectivity index (χ4v) is 3.07.